The number of fused-ring (bicyclic) bond motifs is 1. The molecule has 1 aliphatic rings. The molecule has 0 spiro atoms. The second-order valence-corrected chi connectivity index (χ2v) is 6.34. The number of hydrogen-bond donors (Lipinski definition) is 1. The number of thiophene rings is 1. The molecule has 0 unspecified atom stereocenters. The molecule has 21 heavy (non-hydrogen) atoms. The Bertz CT molecular complexity index is 770. The molecular formula is C13H8FNO4S2. The Balaban J connectivity index is 2.15. The van der Waals surface area contributed by atoms with Crippen LogP contribution in [0.3, 0.4) is 0 Å². The van der Waals surface area contributed by atoms with Crippen LogP contribution in [0.4, 0.5) is 9.18 Å². The Hall–Kier alpha value is -1.93. The van der Waals surface area contributed by atoms with E-state index < -0.39 is 22.9 Å². The Kier molecular flexibility index (Phi) is 3.42. The number of carbonyl (C=O) groups is 3. The molecule has 1 aromatic carbocycles. The molecule has 0 radical (unpaired) electrons. The summed E-state index contributed by atoms with van der Waals surface area (Å²) in [5.74, 6) is -2.11. The van der Waals surface area contributed by atoms with Gasteiger partial charge in [0.15, 0.2) is 0 Å². The molecule has 1 aliphatic heterocycles. The number of carboxylic acids is 1. The first-order chi connectivity index (χ1) is 9.99. The third-order valence-corrected chi connectivity index (χ3v) is 5.16. The molecule has 2 aromatic rings. The highest BCUT2D eigenvalue weighted by molar-refractivity contribution is 8.14. The lowest BCUT2D eigenvalue weighted by molar-refractivity contribution is -0.125. The van der Waals surface area contributed by atoms with E-state index in [1.807, 2.05) is 0 Å². The van der Waals surface area contributed by atoms with Crippen molar-refractivity contribution in [3.05, 3.63) is 34.5 Å². The fourth-order valence-electron chi connectivity index (χ4n) is 2.18. The Morgan fingerprint density at radius 2 is 2.14 bits per heavy atom. The number of carboxylic acid groups (broad SMARTS) is 1. The highest BCUT2D eigenvalue weighted by Crippen LogP contribution is 2.35. The van der Waals surface area contributed by atoms with E-state index in [-0.39, 0.29) is 28.1 Å². The number of nitrogens with zero attached hydrogens (tertiary/aromatic N) is 1. The summed E-state index contributed by atoms with van der Waals surface area (Å²) in [7, 11) is 0. The third kappa shape index (κ3) is 2.30. The first-order valence-corrected chi connectivity index (χ1v) is 7.69. The quantitative estimate of drug-likeness (QED) is 0.939. The Labute approximate surface area is 126 Å². The standard InChI is InChI=1S/C13H8FNO4S2/c14-7-2-1-3-8-10(7)6(11(21-8)12(17)18)4-15-9(16)5-20-13(15)19/h1-3H,4-5H2,(H,17,18). The topological polar surface area (TPSA) is 74.7 Å². The zero-order chi connectivity index (χ0) is 15.1. The fraction of sp³-hybridized carbons (Fsp3) is 0.154. The number of imide groups is 1. The van der Waals surface area contributed by atoms with Crippen LogP contribution >= 0.6 is 23.1 Å². The van der Waals surface area contributed by atoms with E-state index in [0.29, 0.717) is 4.70 Å². The highest BCUT2D eigenvalue weighted by atomic mass is 32.2. The summed E-state index contributed by atoms with van der Waals surface area (Å²) in [6.07, 6.45) is 0. The van der Waals surface area contributed by atoms with E-state index in [9.17, 15) is 23.9 Å². The largest absolute Gasteiger partial charge is 0.477 e. The zero-order valence-electron chi connectivity index (χ0n) is 10.5. The second-order valence-electron chi connectivity index (χ2n) is 4.36. The molecule has 5 nitrogen and oxygen atoms in total. The van der Waals surface area contributed by atoms with E-state index >= 15 is 0 Å². The minimum Gasteiger partial charge on any atom is -0.477 e. The van der Waals surface area contributed by atoms with Crippen molar-refractivity contribution in [2.24, 2.45) is 0 Å². The van der Waals surface area contributed by atoms with Crippen molar-refractivity contribution in [3.8, 4) is 0 Å². The van der Waals surface area contributed by atoms with Crippen LogP contribution in [-0.2, 0) is 11.3 Å². The summed E-state index contributed by atoms with van der Waals surface area (Å²) >= 11 is 1.80. The van der Waals surface area contributed by atoms with Crippen LogP contribution < -0.4 is 0 Å². The number of halogens is 1. The summed E-state index contributed by atoms with van der Waals surface area (Å²) in [6, 6.07) is 4.33. The minimum atomic E-state index is -1.20. The van der Waals surface area contributed by atoms with E-state index in [1.165, 1.54) is 12.1 Å². The highest BCUT2D eigenvalue weighted by Gasteiger charge is 2.32. The molecular weight excluding hydrogens is 317 g/mol. The number of hydrogen-bond acceptors (Lipinski definition) is 5. The summed E-state index contributed by atoms with van der Waals surface area (Å²) < 4.78 is 14.5. The van der Waals surface area contributed by atoms with Crippen molar-refractivity contribution in [2.45, 2.75) is 6.54 Å². The molecule has 1 fully saturated rings. The van der Waals surface area contributed by atoms with Gasteiger partial charge in [-0.05, 0) is 12.1 Å². The SMILES string of the molecule is O=C(O)c1sc2cccc(F)c2c1CN1C(=O)CSC1=O. The molecule has 8 heteroatoms. The van der Waals surface area contributed by atoms with Gasteiger partial charge in [0.1, 0.15) is 10.7 Å². The minimum absolute atomic E-state index is 0.0335. The van der Waals surface area contributed by atoms with Crippen LogP contribution in [0.5, 0.6) is 0 Å². The number of amides is 2. The number of aromatic carboxylic acids is 1. The molecule has 0 atom stereocenters. The van der Waals surface area contributed by atoms with E-state index in [1.54, 1.807) is 6.07 Å². The van der Waals surface area contributed by atoms with Crippen LogP contribution in [0.1, 0.15) is 15.2 Å². The maximum atomic E-state index is 14.0. The van der Waals surface area contributed by atoms with E-state index in [0.717, 1.165) is 28.0 Å². The number of thioether (sulfide) groups is 1. The molecule has 2 amide bonds. The molecule has 0 aliphatic carbocycles. The van der Waals surface area contributed by atoms with E-state index in [2.05, 4.69) is 0 Å². The maximum absolute atomic E-state index is 14.0. The molecule has 108 valence electrons. The van der Waals surface area contributed by atoms with Gasteiger partial charge >= 0.3 is 5.97 Å². The van der Waals surface area contributed by atoms with Crippen molar-refractivity contribution in [2.75, 3.05) is 5.75 Å². The number of rotatable bonds is 3. The molecule has 0 bridgehead atoms. The van der Waals surface area contributed by atoms with Crippen molar-refractivity contribution < 1.29 is 23.9 Å². The summed E-state index contributed by atoms with van der Waals surface area (Å²) in [6.45, 7) is -0.215. The molecule has 2 heterocycles. The molecule has 1 N–H and O–H groups in total. The fourth-order valence-corrected chi connectivity index (χ4v) is 3.97. The van der Waals surface area contributed by atoms with Crippen LogP contribution in [0.2, 0.25) is 0 Å². The van der Waals surface area contributed by atoms with Crippen molar-refractivity contribution >= 4 is 50.3 Å². The number of carbonyl (C=O) groups excluding carboxylic acids is 2. The van der Waals surface area contributed by atoms with E-state index in [4.69, 9.17) is 0 Å². The zero-order valence-corrected chi connectivity index (χ0v) is 12.1. The second kappa shape index (κ2) is 5.12. The van der Waals surface area contributed by atoms with Gasteiger partial charge in [0.2, 0.25) is 5.91 Å². The molecule has 1 aromatic heterocycles. The first-order valence-electron chi connectivity index (χ1n) is 5.89. The van der Waals surface area contributed by atoms with Gasteiger partial charge in [0, 0.05) is 15.6 Å². The Morgan fingerprint density at radius 3 is 2.76 bits per heavy atom. The van der Waals surface area contributed by atoms with Crippen molar-refractivity contribution in [3.63, 3.8) is 0 Å². The van der Waals surface area contributed by atoms with Gasteiger partial charge in [-0.1, -0.05) is 17.8 Å². The summed E-state index contributed by atoms with van der Waals surface area (Å²) in [4.78, 5) is 35.6. The third-order valence-electron chi connectivity index (χ3n) is 3.11. The van der Waals surface area contributed by atoms with Crippen LogP contribution in [0, 0.1) is 5.82 Å². The predicted octanol–water partition coefficient (Wildman–Crippen LogP) is 2.93. The predicted molar refractivity (Wildman–Crippen MR) is 77.1 cm³/mol. The van der Waals surface area contributed by atoms with Gasteiger partial charge in [-0.25, -0.2) is 9.18 Å². The monoisotopic (exact) mass is 325 g/mol. The van der Waals surface area contributed by atoms with Crippen LogP contribution in [0.15, 0.2) is 18.2 Å². The van der Waals surface area contributed by atoms with Gasteiger partial charge in [-0.15, -0.1) is 11.3 Å². The van der Waals surface area contributed by atoms with Gasteiger partial charge in [-0.2, -0.15) is 0 Å². The first kappa shape index (κ1) is 14.0. The van der Waals surface area contributed by atoms with Crippen molar-refractivity contribution in [1.82, 2.24) is 4.90 Å². The smallest absolute Gasteiger partial charge is 0.346 e. The maximum Gasteiger partial charge on any atom is 0.346 e. The molecule has 3 rings (SSSR count). The van der Waals surface area contributed by atoms with Gasteiger partial charge < -0.3 is 5.11 Å². The van der Waals surface area contributed by atoms with Crippen molar-refractivity contribution in [1.29, 1.82) is 0 Å². The average molecular weight is 325 g/mol. The summed E-state index contributed by atoms with van der Waals surface area (Å²) in [5.41, 5.74) is 0.171. The summed E-state index contributed by atoms with van der Waals surface area (Å²) in [5, 5.41) is 8.98. The molecule has 1 saturated heterocycles. The van der Waals surface area contributed by atoms with Gasteiger partial charge in [-0.3, -0.25) is 14.5 Å². The van der Waals surface area contributed by atoms with Gasteiger partial charge in [0.25, 0.3) is 5.24 Å². The lowest BCUT2D eigenvalue weighted by Gasteiger charge is -2.13. The van der Waals surface area contributed by atoms with Gasteiger partial charge in [0.05, 0.1) is 12.3 Å². The number of benzene rings is 1. The lowest BCUT2D eigenvalue weighted by Crippen LogP contribution is -2.28. The molecule has 0 saturated carbocycles. The van der Waals surface area contributed by atoms with Crippen LogP contribution in [0.25, 0.3) is 10.1 Å². The average Bonchev–Trinajstić information content (AvgIpc) is 2.95. The normalized spacial score (nSPS) is 15.2. The lowest BCUT2D eigenvalue weighted by atomic mass is 10.1. The van der Waals surface area contributed by atoms with Crippen LogP contribution in [-0.4, -0.2) is 32.9 Å². The Morgan fingerprint density at radius 1 is 1.38 bits per heavy atom.